The predicted molar refractivity (Wildman–Crippen MR) is 126 cm³/mol. The maximum absolute atomic E-state index is 11.2. The van der Waals surface area contributed by atoms with E-state index in [1.54, 1.807) is 0 Å². The molecule has 1 saturated heterocycles. The van der Waals surface area contributed by atoms with E-state index in [4.69, 9.17) is 8.60 Å². The molecule has 0 amide bonds. The topological polar surface area (TPSA) is 121 Å². The van der Waals surface area contributed by atoms with Crippen LogP contribution in [0, 0.1) is 11.3 Å². The molecule has 0 radical (unpaired) electrons. The number of nitrogens with zero attached hydrogens (tertiary/aromatic N) is 4. The van der Waals surface area contributed by atoms with Gasteiger partial charge in [0.1, 0.15) is 6.61 Å². The normalized spacial score (nSPS) is 21.6. The predicted octanol–water partition coefficient (Wildman–Crippen LogP) is 3.70. The molecule has 34 heavy (non-hydrogen) atoms. The van der Waals surface area contributed by atoms with Crippen LogP contribution in [0.4, 0.5) is 11.7 Å². The van der Waals surface area contributed by atoms with Crippen molar-refractivity contribution in [1.29, 1.82) is 5.26 Å². The average Bonchev–Trinajstić information content (AvgIpc) is 3.25. The molecule has 3 aromatic rings. The van der Waals surface area contributed by atoms with E-state index in [2.05, 4.69) is 63.7 Å². The molecule has 176 valence electrons. The molecule has 3 heterocycles. The summed E-state index contributed by atoms with van der Waals surface area (Å²) < 4.78 is 32.6. The average molecular weight is 480 g/mol. The fourth-order valence-corrected chi connectivity index (χ4v) is 5.31. The van der Waals surface area contributed by atoms with Gasteiger partial charge in [-0.05, 0) is 47.7 Å². The Bertz CT molecular complexity index is 1360. The van der Waals surface area contributed by atoms with E-state index >= 15 is 0 Å². The molecule has 9 nitrogen and oxygen atoms in total. The summed E-state index contributed by atoms with van der Waals surface area (Å²) in [5.41, 5.74) is 5.57. The zero-order chi connectivity index (χ0) is 23.9. The van der Waals surface area contributed by atoms with Gasteiger partial charge in [0, 0.05) is 24.2 Å². The summed E-state index contributed by atoms with van der Waals surface area (Å²) in [4.78, 5) is 2.44. The number of nitriles is 1. The number of nitrogens with one attached hydrogen (secondary N) is 1. The second-order valence-corrected chi connectivity index (χ2v) is 10.4. The van der Waals surface area contributed by atoms with Crippen molar-refractivity contribution < 1.29 is 17.0 Å². The summed E-state index contributed by atoms with van der Waals surface area (Å²) in [6, 6.07) is 17.2. The summed E-state index contributed by atoms with van der Waals surface area (Å²) in [6.07, 6.45) is 2.64. The number of anilines is 2. The smallest absolute Gasteiger partial charge is 0.315 e. The summed E-state index contributed by atoms with van der Waals surface area (Å²) >= 11 is 0. The van der Waals surface area contributed by atoms with Crippen LogP contribution in [0.5, 0.6) is 0 Å². The zero-order valence-electron chi connectivity index (χ0n) is 18.9. The summed E-state index contributed by atoms with van der Waals surface area (Å²) in [7, 11) is -3.59. The summed E-state index contributed by atoms with van der Waals surface area (Å²) in [5.74, 6) is 0.270. The van der Waals surface area contributed by atoms with Gasteiger partial charge < -0.3 is 14.6 Å². The van der Waals surface area contributed by atoms with E-state index in [1.807, 2.05) is 12.1 Å². The zero-order valence-corrected chi connectivity index (χ0v) is 19.7. The molecule has 3 atom stereocenters. The van der Waals surface area contributed by atoms with Crippen molar-refractivity contribution in [3.63, 3.8) is 0 Å². The summed E-state index contributed by atoms with van der Waals surface area (Å²) in [6.45, 7) is 2.73. The SMILES string of the molecule is C[C@H]1c2ccccc2[C@@H]2CC(Nc3nnc(COS(C)(=O)=O)o3)CCN2c2ccc(C#N)cc21. The molecule has 10 heteroatoms. The molecule has 2 aromatic carbocycles. The third kappa shape index (κ3) is 4.36. The molecule has 1 N–H and O–H groups in total. The van der Waals surface area contributed by atoms with Gasteiger partial charge in [0.2, 0.25) is 5.89 Å². The van der Waals surface area contributed by atoms with Gasteiger partial charge in [-0.1, -0.05) is 36.3 Å². The lowest BCUT2D eigenvalue weighted by atomic mass is 9.86. The third-order valence-corrected chi connectivity index (χ3v) is 7.09. The highest BCUT2D eigenvalue weighted by Crippen LogP contribution is 2.46. The van der Waals surface area contributed by atoms with Gasteiger partial charge in [-0.15, -0.1) is 5.10 Å². The van der Waals surface area contributed by atoms with E-state index in [0.29, 0.717) is 5.56 Å². The van der Waals surface area contributed by atoms with Crippen molar-refractivity contribution in [3.8, 4) is 6.07 Å². The number of rotatable bonds is 5. The van der Waals surface area contributed by atoms with E-state index in [1.165, 1.54) is 22.4 Å². The number of benzene rings is 2. The molecule has 0 aliphatic carbocycles. The Morgan fingerprint density at radius 1 is 1.21 bits per heavy atom. The molecule has 1 fully saturated rings. The molecule has 1 unspecified atom stereocenters. The maximum atomic E-state index is 11.2. The molecule has 0 spiro atoms. The van der Waals surface area contributed by atoms with Crippen LogP contribution in [0.1, 0.15) is 59.9 Å². The van der Waals surface area contributed by atoms with Crippen LogP contribution in [0.25, 0.3) is 0 Å². The lowest BCUT2D eigenvalue weighted by molar-refractivity contribution is 0.271. The van der Waals surface area contributed by atoms with Gasteiger partial charge in [0.25, 0.3) is 10.1 Å². The van der Waals surface area contributed by atoms with Gasteiger partial charge >= 0.3 is 6.01 Å². The third-order valence-electron chi connectivity index (χ3n) is 6.55. The Morgan fingerprint density at radius 2 is 2.00 bits per heavy atom. The van der Waals surface area contributed by atoms with E-state index in [9.17, 15) is 13.7 Å². The molecule has 2 aliphatic rings. The van der Waals surface area contributed by atoms with Crippen LogP contribution in [-0.2, 0) is 20.9 Å². The van der Waals surface area contributed by atoms with Crippen LogP contribution in [0.2, 0.25) is 0 Å². The number of hydrogen-bond acceptors (Lipinski definition) is 9. The summed E-state index contributed by atoms with van der Waals surface area (Å²) in [5, 5.41) is 20.6. The maximum Gasteiger partial charge on any atom is 0.315 e. The van der Waals surface area contributed by atoms with Crippen LogP contribution in [0.3, 0.4) is 0 Å². The van der Waals surface area contributed by atoms with Gasteiger partial charge in [0.05, 0.1) is 23.9 Å². The monoisotopic (exact) mass is 479 g/mol. The Balaban J connectivity index is 1.41. The van der Waals surface area contributed by atoms with Crippen molar-refractivity contribution in [1.82, 2.24) is 10.2 Å². The van der Waals surface area contributed by atoms with E-state index in [-0.39, 0.29) is 36.5 Å². The second-order valence-electron chi connectivity index (χ2n) is 8.78. The van der Waals surface area contributed by atoms with Crippen molar-refractivity contribution in [2.45, 2.75) is 44.4 Å². The number of hydrogen-bond donors (Lipinski definition) is 1. The van der Waals surface area contributed by atoms with Gasteiger partial charge in [0.15, 0.2) is 0 Å². The first-order valence-electron chi connectivity index (χ1n) is 11.1. The first kappa shape index (κ1) is 22.4. The van der Waals surface area contributed by atoms with Gasteiger partial charge in [-0.2, -0.15) is 13.7 Å². The van der Waals surface area contributed by atoms with E-state index in [0.717, 1.165) is 25.6 Å². The van der Waals surface area contributed by atoms with Crippen LogP contribution in [0.15, 0.2) is 46.9 Å². The molecule has 1 aromatic heterocycles. The standard InChI is InChI=1S/C24H25N5O4S/c1-15-18-5-3-4-6-19(18)22-12-17(26-24-28-27-23(33-24)14-32-34(2,30)31)9-10-29(22)21-8-7-16(13-25)11-20(15)21/h3-8,11,15,17,22H,9-10,12,14H2,1-2H3,(H,26,28)/t15-,17?,22-/m0/s1. The van der Waals surface area contributed by atoms with Gasteiger partial charge in [-0.3, -0.25) is 4.18 Å². The molecule has 0 saturated carbocycles. The first-order valence-corrected chi connectivity index (χ1v) is 13.0. The van der Waals surface area contributed by atoms with Crippen molar-refractivity contribution in [3.05, 3.63) is 70.6 Å². The van der Waals surface area contributed by atoms with Crippen LogP contribution in [-0.4, -0.2) is 37.5 Å². The Hall–Kier alpha value is -3.42. The van der Waals surface area contributed by atoms with Crippen LogP contribution < -0.4 is 10.2 Å². The van der Waals surface area contributed by atoms with Crippen LogP contribution >= 0.6 is 0 Å². The largest absolute Gasteiger partial charge is 0.405 e. The quantitative estimate of drug-likeness (QED) is 0.546. The van der Waals surface area contributed by atoms with Crippen molar-refractivity contribution >= 4 is 21.8 Å². The minimum absolute atomic E-state index is 0.0914. The van der Waals surface area contributed by atoms with Gasteiger partial charge in [-0.25, -0.2) is 0 Å². The molecule has 5 rings (SSSR count). The van der Waals surface area contributed by atoms with Crippen molar-refractivity contribution in [2.24, 2.45) is 0 Å². The van der Waals surface area contributed by atoms with E-state index < -0.39 is 10.1 Å². The minimum atomic E-state index is -3.59. The van der Waals surface area contributed by atoms with Crippen molar-refractivity contribution in [2.75, 3.05) is 23.0 Å². The molecular formula is C24H25N5O4S. The first-order chi connectivity index (χ1) is 16.3. The number of aromatic nitrogens is 2. The molecule has 0 bridgehead atoms. The molecule has 2 aliphatic heterocycles. The Morgan fingerprint density at radius 3 is 2.76 bits per heavy atom. The second kappa shape index (κ2) is 8.74. The lowest BCUT2D eigenvalue weighted by Gasteiger charge is -2.41. The highest BCUT2D eigenvalue weighted by atomic mass is 32.2. The lowest BCUT2D eigenvalue weighted by Crippen LogP contribution is -2.41. The Labute approximate surface area is 198 Å². The fraction of sp³-hybridized carbons (Fsp3) is 0.375. The molecular weight excluding hydrogens is 454 g/mol. The Kier molecular flexibility index (Phi) is 5.75. The highest BCUT2D eigenvalue weighted by molar-refractivity contribution is 7.85. The highest BCUT2D eigenvalue weighted by Gasteiger charge is 2.36. The number of fused-ring (bicyclic) bond motifs is 5. The number of piperidine rings is 1. The fourth-order valence-electron chi connectivity index (χ4n) is 4.99. The minimum Gasteiger partial charge on any atom is -0.405 e.